The summed E-state index contributed by atoms with van der Waals surface area (Å²) >= 11 is 0. The van der Waals surface area contributed by atoms with Gasteiger partial charge in [0.15, 0.2) is 5.60 Å². The average molecular weight is 323 g/mol. The zero-order valence-electron chi connectivity index (χ0n) is 14.7. The third-order valence-corrected chi connectivity index (χ3v) is 6.74. The Kier molecular flexibility index (Phi) is 3.45. The number of allylic oxidation sites excluding steroid dienone is 1. The van der Waals surface area contributed by atoms with Crippen molar-refractivity contribution < 1.29 is 9.63 Å². The molecule has 2 saturated carbocycles. The first-order valence-corrected chi connectivity index (χ1v) is 8.96. The summed E-state index contributed by atoms with van der Waals surface area (Å²) in [6.45, 7) is 6.64. The number of fused-ring (bicyclic) bond motifs is 3. The first-order chi connectivity index (χ1) is 11.4. The molecular formula is C21H25NO2. The molecule has 0 saturated heterocycles. The number of benzene rings is 1. The number of hydrogen-bond donors (Lipinski definition) is 0. The predicted octanol–water partition coefficient (Wildman–Crippen LogP) is 4.55. The number of aryl methyl sites for hydroxylation is 1. The second-order valence-electron chi connectivity index (χ2n) is 8.23. The van der Waals surface area contributed by atoms with Gasteiger partial charge in [0.1, 0.15) is 5.71 Å². The average Bonchev–Trinajstić information content (AvgIpc) is 3.25. The molecule has 0 radical (unpaired) electrons. The number of carbonyl (C=O) groups is 1. The van der Waals surface area contributed by atoms with E-state index < -0.39 is 0 Å². The van der Waals surface area contributed by atoms with E-state index in [0.29, 0.717) is 24.0 Å². The van der Waals surface area contributed by atoms with Crippen LogP contribution in [0.5, 0.6) is 0 Å². The summed E-state index contributed by atoms with van der Waals surface area (Å²) in [5.41, 5.74) is 2.68. The molecule has 0 aromatic heterocycles. The van der Waals surface area contributed by atoms with E-state index in [1.807, 2.05) is 30.3 Å². The molecule has 2 bridgehead atoms. The molecular weight excluding hydrogens is 298 g/mol. The molecule has 3 heteroatoms. The maximum atomic E-state index is 12.5. The van der Waals surface area contributed by atoms with Gasteiger partial charge in [-0.15, -0.1) is 0 Å². The molecule has 2 aliphatic carbocycles. The van der Waals surface area contributed by atoms with E-state index in [4.69, 9.17) is 4.84 Å². The Morgan fingerprint density at radius 1 is 1.21 bits per heavy atom. The van der Waals surface area contributed by atoms with Crippen molar-refractivity contribution in [2.45, 2.75) is 52.1 Å². The molecule has 1 spiro atoms. The maximum Gasteiger partial charge on any atom is 0.203 e. The van der Waals surface area contributed by atoms with Gasteiger partial charge in [-0.05, 0) is 43.7 Å². The van der Waals surface area contributed by atoms with E-state index in [1.165, 1.54) is 24.8 Å². The van der Waals surface area contributed by atoms with E-state index in [0.717, 1.165) is 5.56 Å². The first kappa shape index (κ1) is 15.6. The molecule has 4 rings (SSSR count). The van der Waals surface area contributed by atoms with Crippen LogP contribution in [0.25, 0.3) is 6.08 Å². The molecule has 3 atom stereocenters. The number of rotatable bonds is 3. The predicted molar refractivity (Wildman–Crippen MR) is 95.7 cm³/mol. The Morgan fingerprint density at radius 3 is 2.58 bits per heavy atom. The van der Waals surface area contributed by atoms with Gasteiger partial charge in [-0.25, -0.2) is 0 Å². The van der Waals surface area contributed by atoms with Crippen molar-refractivity contribution in [3.05, 3.63) is 41.5 Å². The fraction of sp³-hybridized carbons (Fsp3) is 0.524. The molecule has 1 heterocycles. The lowest BCUT2D eigenvalue weighted by Crippen LogP contribution is -2.49. The van der Waals surface area contributed by atoms with Crippen molar-refractivity contribution in [2.75, 3.05) is 0 Å². The molecule has 3 nitrogen and oxygen atoms in total. The fourth-order valence-corrected chi connectivity index (χ4v) is 5.02. The van der Waals surface area contributed by atoms with E-state index in [-0.39, 0.29) is 16.8 Å². The lowest BCUT2D eigenvalue weighted by Gasteiger charge is -2.44. The number of carbonyl (C=O) groups excluding carboxylic acids is 1. The quantitative estimate of drug-likeness (QED) is 0.766. The summed E-state index contributed by atoms with van der Waals surface area (Å²) in [4.78, 5) is 18.5. The highest BCUT2D eigenvalue weighted by Crippen LogP contribution is 2.65. The minimum atomic E-state index is -0.251. The van der Waals surface area contributed by atoms with Crippen LogP contribution >= 0.6 is 0 Å². The van der Waals surface area contributed by atoms with Crippen LogP contribution in [0, 0.1) is 24.2 Å². The van der Waals surface area contributed by atoms with Crippen molar-refractivity contribution in [1.29, 1.82) is 0 Å². The van der Waals surface area contributed by atoms with Crippen LogP contribution in [0.2, 0.25) is 0 Å². The van der Waals surface area contributed by atoms with Crippen LogP contribution in [0.15, 0.2) is 35.5 Å². The molecule has 1 aromatic rings. The van der Waals surface area contributed by atoms with Crippen molar-refractivity contribution in [3.8, 4) is 0 Å². The Bertz CT molecular complexity index is 729. The summed E-state index contributed by atoms with van der Waals surface area (Å²) in [5, 5.41) is 4.23. The Balaban J connectivity index is 1.49. The summed E-state index contributed by atoms with van der Waals surface area (Å²) in [6.07, 6.45) is 7.89. The van der Waals surface area contributed by atoms with E-state index >= 15 is 0 Å². The first-order valence-electron chi connectivity index (χ1n) is 8.96. The standard InChI is InChI=1S/C21H25NO2/c1-14-4-6-15(7-5-14)8-11-19(23)18-13-21(24-22-18)17-10-9-16(12-17)20(21,2)3/h4-8,11,16-17H,9-10,12-13H2,1-3H3/b11-8+/t16-,17+,21?/m1/s1. The Morgan fingerprint density at radius 2 is 1.92 bits per heavy atom. The van der Waals surface area contributed by atoms with Crippen molar-refractivity contribution >= 4 is 17.6 Å². The molecule has 1 aromatic carbocycles. The number of ketones is 1. The van der Waals surface area contributed by atoms with Gasteiger partial charge in [0.25, 0.3) is 0 Å². The van der Waals surface area contributed by atoms with Crippen molar-refractivity contribution in [2.24, 2.45) is 22.4 Å². The van der Waals surface area contributed by atoms with Gasteiger partial charge in [0.2, 0.25) is 5.78 Å². The normalized spacial score (nSPS) is 33.2. The molecule has 1 unspecified atom stereocenters. The zero-order chi connectivity index (χ0) is 16.9. The van der Waals surface area contributed by atoms with Crippen LogP contribution in [0.4, 0.5) is 0 Å². The third kappa shape index (κ3) is 2.17. The molecule has 2 fully saturated rings. The minimum Gasteiger partial charge on any atom is -0.388 e. The highest BCUT2D eigenvalue weighted by atomic mass is 16.7. The maximum absolute atomic E-state index is 12.5. The highest BCUT2D eigenvalue weighted by molar-refractivity contribution is 6.45. The highest BCUT2D eigenvalue weighted by Gasteiger charge is 2.67. The molecule has 0 amide bonds. The van der Waals surface area contributed by atoms with Gasteiger partial charge in [-0.1, -0.05) is 54.9 Å². The lowest BCUT2D eigenvalue weighted by molar-refractivity contribution is -0.135. The van der Waals surface area contributed by atoms with Crippen LogP contribution < -0.4 is 0 Å². The SMILES string of the molecule is Cc1ccc(/C=C/C(=O)C2=NOC3(C2)[C@H]2CC[C@H](C2)C3(C)C)cc1. The number of oxime groups is 1. The summed E-state index contributed by atoms with van der Waals surface area (Å²) in [6, 6.07) is 8.14. The molecule has 24 heavy (non-hydrogen) atoms. The Labute approximate surface area is 143 Å². The van der Waals surface area contributed by atoms with Gasteiger partial charge < -0.3 is 4.84 Å². The molecule has 0 N–H and O–H groups in total. The number of hydrogen-bond acceptors (Lipinski definition) is 3. The largest absolute Gasteiger partial charge is 0.388 e. The van der Waals surface area contributed by atoms with Crippen LogP contribution in [-0.2, 0) is 9.63 Å². The van der Waals surface area contributed by atoms with E-state index in [9.17, 15) is 4.79 Å². The van der Waals surface area contributed by atoms with Gasteiger partial charge in [0.05, 0.1) is 0 Å². The monoisotopic (exact) mass is 323 g/mol. The summed E-state index contributed by atoms with van der Waals surface area (Å²) < 4.78 is 0. The number of nitrogens with zero attached hydrogens (tertiary/aromatic N) is 1. The molecule has 1 aliphatic heterocycles. The van der Waals surface area contributed by atoms with Crippen molar-refractivity contribution in [1.82, 2.24) is 0 Å². The third-order valence-electron chi connectivity index (χ3n) is 6.74. The lowest BCUT2D eigenvalue weighted by atomic mass is 9.63. The van der Waals surface area contributed by atoms with Gasteiger partial charge in [-0.2, -0.15) is 0 Å². The van der Waals surface area contributed by atoms with Gasteiger partial charge >= 0.3 is 0 Å². The van der Waals surface area contributed by atoms with Crippen LogP contribution in [-0.4, -0.2) is 17.1 Å². The van der Waals surface area contributed by atoms with E-state index in [1.54, 1.807) is 6.08 Å². The van der Waals surface area contributed by atoms with E-state index in [2.05, 4.69) is 25.9 Å². The zero-order valence-corrected chi connectivity index (χ0v) is 14.7. The van der Waals surface area contributed by atoms with Crippen LogP contribution in [0.3, 0.4) is 0 Å². The minimum absolute atomic E-state index is 0.0222. The molecule has 3 aliphatic rings. The molecule has 126 valence electrons. The summed E-state index contributed by atoms with van der Waals surface area (Å²) in [5.74, 6) is 1.23. The smallest absolute Gasteiger partial charge is 0.203 e. The fourth-order valence-electron chi connectivity index (χ4n) is 5.02. The van der Waals surface area contributed by atoms with Gasteiger partial charge in [0, 0.05) is 17.8 Å². The van der Waals surface area contributed by atoms with Crippen molar-refractivity contribution in [3.63, 3.8) is 0 Å². The van der Waals surface area contributed by atoms with Gasteiger partial charge in [-0.3, -0.25) is 4.79 Å². The second kappa shape index (κ2) is 5.30. The topological polar surface area (TPSA) is 38.7 Å². The second-order valence-corrected chi connectivity index (χ2v) is 8.23. The summed E-state index contributed by atoms with van der Waals surface area (Å²) in [7, 11) is 0. The van der Waals surface area contributed by atoms with Crippen LogP contribution in [0.1, 0.15) is 50.7 Å². The Hall–Kier alpha value is -1.90.